The van der Waals surface area contributed by atoms with Gasteiger partial charge < -0.3 is 4.57 Å². The molecule has 0 bridgehead atoms. The molecular weight excluding hydrogens is 341 g/mol. The lowest BCUT2D eigenvalue weighted by atomic mass is 10.2. The van der Waals surface area contributed by atoms with Gasteiger partial charge in [0.15, 0.2) is 5.82 Å². The largest absolute Gasteiger partial charge is 0.348 e. The Labute approximate surface area is 151 Å². The van der Waals surface area contributed by atoms with Crippen molar-refractivity contribution in [1.29, 1.82) is 0 Å². The number of rotatable bonds is 3. The van der Waals surface area contributed by atoms with E-state index in [9.17, 15) is 0 Å². The molecule has 3 nitrogen and oxygen atoms in total. The Hall–Kier alpha value is -2.36. The van der Waals surface area contributed by atoms with E-state index in [-0.39, 0.29) is 12.4 Å². The number of benzene rings is 2. The van der Waals surface area contributed by atoms with E-state index in [0.29, 0.717) is 0 Å². The van der Waals surface area contributed by atoms with Crippen molar-refractivity contribution in [3.05, 3.63) is 83.6 Å². The lowest BCUT2D eigenvalue weighted by Crippen LogP contribution is -2.00. The molecule has 0 unspecified atom stereocenters. The summed E-state index contributed by atoms with van der Waals surface area (Å²) in [6.07, 6.45) is 4.06. The Kier molecular flexibility index (Phi) is 4.84. The van der Waals surface area contributed by atoms with Crippen LogP contribution in [0.25, 0.3) is 22.8 Å². The van der Waals surface area contributed by atoms with Gasteiger partial charge in [0.05, 0.1) is 5.69 Å². The Bertz CT molecular complexity index is 902. The van der Waals surface area contributed by atoms with Gasteiger partial charge in [-0.15, -0.1) is 12.4 Å². The van der Waals surface area contributed by atoms with Gasteiger partial charge in [-0.05, 0) is 23.8 Å². The average Bonchev–Trinajstić information content (AvgIpc) is 3.01. The number of fused-ring (bicyclic) bond motifs is 1. The quantitative estimate of drug-likeness (QED) is 0.507. The molecule has 2 aromatic rings. The molecule has 2 heterocycles. The zero-order valence-corrected chi connectivity index (χ0v) is 14.3. The van der Waals surface area contributed by atoms with Crippen LogP contribution in [0.2, 0.25) is 5.02 Å². The highest BCUT2D eigenvalue weighted by atomic mass is 35.5. The molecule has 120 valence electrons. The number of halogens is 2. The molecule has 0 saturated carbocycles. The lowest BCUT2D eigenvalue weighted by Gasteiger charge is -2.08. The number of hydrogen-bond acceptors (Lipinski definition) is 2. The van der Waals surface area contributed by atoms with Gasteiger partial charge in [0, 0.05) is 29.5 Å². The molecule has 2 aliphatic rings. The summed E-state index contributed by atoms with van der Waals surface area (Å²) in [6.45, 7) is 0.778. The second-order valence-electron chi connectivity index (χ2n) is 5.43. The molecule has 0 fully saturated rings. The minimum atomic E-state index is 0. The zero-order valence-electron chi connectivity index (χ0n) is 12.8. The predicted octanol–water partition coefficient (Wildman–Crippen LogP) is 5.17. The molecule has 4 rings (SSSR count). The van der Waals surface area contributed by atoms with Gasteiger partial charge in [-0.3, -0.25) is 0 Å². The van der Waals surface area contributed by atoms with Crippen LogP contribution in [0.15, 0.2) is 73.1 Å². The monoisotopic (exact) mass is 355 g/mol. The van der Waals surface area contributed by atoms with Crippen LogP contribution in [0.4, 0.5) is 0 Å². The highest BCUT2D eigenvalue weighted by Gasteiger charge is 2.12. The summed E-state index contributed by atoms with van der Waals surface area (Å²) in [7, 11) is 0. The third kappa shape index (κ3) is 3.42. The number of pyridine rings is 1. The normalized spacial score (nSPS) is 10.5. The average molecular weight is 356 g/mol. The van der Waals surface area contributed by atoms with Crippen molar-refractivity contribution in [2.24, 2.45) is 0 Å². The fraction of sp³-hybridized carbons (Fsp3) is 0.0526. The summed E-state index contributed by atoms with van der Waals surface area (Å²) in [5.74, 6) is 0.768. The summed E-state index contributed by atoms with van der Waals surface area (Å²) >= 11 is 5.93. The molecule has 0 N–H and O–H groups in total. The highest BCUT2D eigenvalue weighted by molar-refractivity contribution is 6.30. The number of hydrogen-bond donors (Lipinski definition) is 0. The molecule has 2 aromatic carbocycles. The minimum Gasteiger partial charge on any atom is -0.348 e. The Morgan fingerprint density at radius 3 is 2.29 bits per heavy atom. The maximum atomic E-state index is 5.93. The van der Waals surface area contributed by atoms with Crippen LogP contribution in [-0.4, -0.2) is 14.5 Å². The van der Waals surface area contributed by atoms with Crippen LogP contribution < -0.4 is 0 Å². The standard InChI is InChI=1S/C19H14ClN3.ClH/c20-16-8-6-14(7-9-16)12-23-11-10-17-18(13-23)22-19(21-17)15-4-2-1-3-5-15;/h1-11,13H,12H2;1H. The van der Waals surface area contributed by atoms with Crippen molar-refractivity contribution < 1.29 is 0 Å². The molecule has 0 spiro atoms. The molecule has 24 heavy (non-hydrogen) atoms. The topological polar surface area (TPSA) is 30.7 Å². The van der Waals surface area contributed by atoms with E-state index in [1.54, 1.807) is 0 Å². The number of aromatic nitrogens is 3. The molecule has 2 aliphatic heterocycles. The van der Waals surface area contributed by atoms with E-state index in [2.05, 4.69) is 14.5 Å². The van der Waals surface area contributed by atoms with E-state index in [1.807, 2.05) is 73.1 Å². The molecule has 0 atom stereocenters. The van der Waals surface area contributed by atoms with Crippen LogP contribution in [0.5, 0.6) is 0 Å². The molecule has 0 radical (unpaired) electrons. The summed E-state index contributed by atoms with van der Waals surface area (Å²) in [5, 5.41) is 0.753. The second-order valence-corrected chi connectivity index (χ2v) is 5.86. The smallest absolute Gasteiger partial charge is 0.160 e. The first-order valence-electron chi connectivity index (χ1n) is 7.41. The third-order valence-corrected chi connectivity index (χ3v) is 3.99. The van der Waals surface area contributed by atoms with Gasteiger partial charge in [-0.2, -0.15) is 0 Å². The van der Waals surface area contributed by atoms with E-state index >= 15 is 0 Å². The fourth-order valence-electron chi connectivity index (χ4n) is 2.57. The van der Waals surface area contributed by atoms with Gasteiger partial charge >= 0.3 is 0 Å². The number of imidazole rings is 1. The SMILES string of the molecule is Cl.Clc1ccc(Cn2ccc3nc(-c4ccccc4)nc-3c2)cc1. The maximum Gasteiger partial charge on any atom is 0.160 e. The Morgan fingerprint density at radius 1 is 0.833 bits per heavy atom. The van der Waals surface area contributed by atoms with Gasteiger partial charge in [-0.1, -0.05) is 54.1 Å². The minimum absolute atomic E-state index is 0. The summed E-state index contributed by atoms with van der Waals surface area (Å²) in [5.41, 5.74) is 4.05. The van der Waals surface area contributed by atoms with Crippen molar-refractivity contribution in [2.45, 2.75) is 6.54 Å². The third-order valence-electron chi connectivity index (χ3n) is 3.74. The maximum absolute atomic E-state index is 5.93. The van der Waals surface area contributed by atoms with Crippen molar-refractivity contribution in [1.82, 2.24) is 14.5 Å². The van der Waals surface area contributed by atoms with Gasteiger partial charge in [0.2, 0.25) is 0 Å². The first-order chi connectivity index (χ1) is 11.3. The molecule has 0 amide bonds. The Balaban J connectivity index is 0.00000169. The van der Waals surface area contributed by atoms with Gasteiger partial charge in [-0.25, -0.2) is 9.97 Å². The Morgan fingerprint density at radius 2 is 1.54 bits per heavy atom. The molecule has 5 heteroatoms. The van der Waals surface area contributed by atoms with Crippen LogP contribution in [0, 0.1) is 0 Å². The number of nitrogens with zero attached hydrogens (tertiary/aromatic N) is 3. The zero-order chi connectivity index (χ0) is 15.6. The second kappa shape index (κ2) is 7.04. The fourth-order valence-corrected chi connectivity index (χ4v) is 2.69. The van der Waals surface area contributed by atoms with E-state index in [1.165, 1.54) is 5.56 Å². The predicted molar refractivity (Wildman–Crippen MR) is 99.9 cm³/mol. The molecule has 0 saturated heterocycles. The van der Waals surface area contributed by atoms with Crippen LogP contribution in [0.3, 0.4) is 0 Å². The van der Waals surface area contributed by atoms with Crippen molar-refractivity contribution in [2.75, 3.05) is 0 Å². The van der Waals surface area contributed by atoms with Gasteiger partial charge in [0.1, 0.15) is 5.69 Å². The van der Waals surface area contributed by atoms with E-state index in [0.717, 1.165) is 34.3 Å². The first-order valence-corrected chi connectivity index (χ1v) is 7.79. The van der Waals surface area contributed by atoms with Crippen molar-refractivity contribution in [3.8, 4) is 22.8 Å². The van der Waals surface area contributed by atoms with Crippen LogP contribution >= 0.6 is 24.0 Å². The first kappa shape index (κ1) is 16.5. The van der Waals surface area contributed by atoms with Crippen molar-refractivity contribution in [3.63, 3.8) is 0 Å². The summed E-state index contributed by atoms with van der Waals surface area (Å²) in [4.78, 5) is 9.25. The van der Waals surface area contributed by atoms with Crippen LogP contribution in [0.1, 0.15) is 5.56 Å². The highest BCUT2D eigenvalue weighted by Crippen LogP contribution is 2.24. The molecule has 0 aliphatic carbocycles. The molecule has 0 aromatic heterocycles. The molecular formula is C19H15Cl2N3. The van der Waals surface area contributed by atoms with Gasteiger partial charge in [0.25, 0.3) is 0 Å². The summed E-state index contributed by atoms with van der Waals surface area (Å²) < 4.78 is 2.11. The lowest BCUT2D eigenvalue weighted by molar-refractivity contribution is 0.789. The van der Waals surface area contributed by atoms with Crippen LogP contribution in [-0.2, 0) is 6.54 Å². The van der Waals surface area contributed by atoms with E-state index < -0.39 is 0 Å². The summed E-state index contributed by atoms with van der Waals surface area (Å²) in [6, 6.07) is 19.9. The van der Waals surface area contributed by atoms with E-state index in [4.69, 9.17) is 11.6 Å². The van der Waals surface area contributed by atoms with Crippen molar-refractivity contribution >= 4 is 24.0 Å².